The summed E-state index contributed by atoms with van der Waals surface area (Å²) < 4.78 is 187. The second-order valence-electron chi connectivity index (χ2n) is 6.18. The molecule has 1 heterocycles. The third kappa shape index (κ3) is 3.93. The Bertz CT molecular complexity index is 769. The topological polar surface area (TPSA) is 36.0 Å². The van der Waals surface area contributed by atoms with Crippen molar-refractivity contribution in [1.82, 2.24) is 4.98 Å². The Balaban J connectivity index is 3.52. The highest BCUT2D eigenvalue weighted by atomic mass is 35.5. The summed E-state index contributed by atoms with van der Waals surface area (Å²) in [6, 6.07) is 0.0391. The summed E-state index contributed by atoms with van der Waals surface area (Å²) in [6.07, 6.45) is -0.585. The van der Waals surface area contributed by atoms with E-state index in [1.54, 1.807) is 0 Å². The first kappa shape index (κ1) is 27.6. The number of halogens is 15. The average molecular weight is 510 g/mol. The number of aliphatic hydroxyl groups excluding tert-OH is 1. The largest absolute Gasteiger partial charge is 0.396 e. The molecular formula is C14H10ClF14NO. The molecule has 17 heteroatoms. The number of aromatic nitrogens is 1. The second-order valence-corrected chi connectivity index (χ2v) is 6.66. The summed E-state index contributed by atoms with van der Waals surface area (Å²) >= 11 is 3.51. The molecule has 0 aromatic carbocycles. The van der Waals surface area contributed by atoms with Crippen LogP contribution in [0.25, 0.3) is 0 Å². The fraction of sp³-hybridized carbons (Fsp3) is 0.714. The van der Waals surface area contributed by atoms with Crippen molar-refractivity contribution in [2.75, 3.05) is 6.61 Å². The standard InChI is InChI=1S/C14H10ClF14NO/c15-14(28,29)13(26,27)12(24,25)11(22,23)10(20,21)9(18,19)8(16,17)6-4-7(30-5-6)2-1-3-31/h4-5,30-31H,1-3H2. The highest BCUT2D eigenvalue weighted by molar-refractivity contribution is 6.22. The van der Waals surface area contributed by atoms with Crippen molar-refractivity contribution in [3.8, 4) is 0 Å². The lowest BCUT2D eigenvalue weighted by atomic mass is 9.89. The molecule has 1 rings (SSSR count). The van der Waals surface area contributed by atoms with E-state index in [4.69, 9.17) is 5.11 Å². The Morgan fingerprint density at radius 2 is 1.13 bits per heavy atom. The van der Waals surface area contributed by atoms with Gasteiger partial charge in [0.15, 0.2) is 0 Å². The molecule has 1 aromatic rings. The first-order valence-corrected chi connectivity index (χ1v) is 8.04. The van der Waals surface area contributed by atoms with Crippen LogP contribution in [0.15, 0.2) is 12.3 Å². The van der Waals surface area contributed by atoms with Crippen LogP contribution in [0.4, 0.5) is 61.5 Å². The van der Waals surface area contributed by atoms with E-state index in [1.165, 1.54) is 0 Å². The van der Waals surface area contributed by atoms with E-state index in [1.807, 2.05) is 4.98 Å². The molecule has 0 bridgehead atoms. The van der Waals surface area contributed by atoms with Crippen molar-refractivity contribution in [1.29, 1.82) is 0 Å². The van der Waals surface area contributed by atoms with Crippen molar-refractivity contribution in [3.05, 3.63) is 23.5 Å². The molecule has 0 aliphatic heterocycles. The van der Waals surface area contributed by atoms with Gasteiger partial charge in [0.2, 0.25) is 0 Å². The second kappa shape index (κ2) is 7.85. The smallest absolute Gasteiger partial charge is 0.393 e. The minimum absolute atomic E-state index is 0.0391. The van der Waals surface area contributed by atoms with Crippen LogP contribution in [0.5, 0.6) is 0 Å². The van der Waals surface area contributed by atoms with Crippen LogP contribution in [0.3, 0.4) is 0 Å². The fourth-order valence-corrected chi connectivity index (χ4v) is 2.30. The third-order valence-corrected chi connectivity index (χ3v) is 4.27. The predicted molar refractivity (Wildman–Crippen MR) is 75.6 cm³/mol. The van der Waals surface area contributed by atoms with Crippen LogP contribution in [-0.4, -0.2) is 51.7 Å². The van der Waals surface area contributed by atoms with Gasteiger partial charge in [-0.1, -0.05) is 0 Å². The Morgan fingerprint density at radius 3 is 1.55 bits per heavy atom. The zero-order valence-electron chi connectivity index (χ0n) is 14.4. The summed E-state index contributed by atoms with van der Waals surface area (Å²) in [4.78, 5) is 1.84. The molecule has 0 saturated heterocycles. The molecule has 0 spiro atoms. The van der Waals surface area contributed by atoms with Crippen LogP contribution in [0, 0.1) is 0 Å². The van der Waals surface area contributed by atoms with Crippen molar-refractivity contribution in [2.24, 2.45) is 0 Å². The van der Waals surface area contributed by atoms with Crippen LogP contribution < -0.4 is 0 Å². The number of rotatable bonds is 10. The number of H-pyrrole nitrogens is 1. The van der Waals surface area contributed by atoms with Gasteiger partial charge in [0.05, 0.1) is 0 Å². The minimum Gasteiger partial charge on any atom is -0.396 e. The third-order valence-electron chi connectivity index (χ3n) is 4.04. The number of hydrogen-bond donors (Lipinski definition) is 2. The molecule has 0 saturated carbocycles. The lowest BCUT2D eigenvalue weighted by Crippen LogP contribution is -2.72. The van der Waals surface area contributed by atoms with E-state index in [0.717, 1.165) is 0 Å². The minimum atomic E-state index is -8.15. The maximum Gasteiger partial charge on any atom is 0.393 e. The molecule has 31 heavy (non-hydrogen) atoms. The van der Waals surface area contributed by atoms with Gasteiger partial charge in [-0.25, -0.2) is 0 Å². The molecular weight excluding hydrogens is 500 g/mol. The fourth-order valence-electron chi connectivity index (χ4n) is 2.18. The summed E-state index contributed by atoms with van der Waals surface area (Å²) in [5, 5.41) is 1.90. The molecule has 1 aromatic heterocycles. The summed E-state index contributed by atoms with van der Waals surface area (Å²) in [6.45, 7) is -0.542. The Labute approximate surface area is 168 Å². The Morgan fingerprint density at radius 1 is 0.710 bits per heavy atom. The van der Waals surface area contributed by atoms with E-state index >= 15 is 0 Å². The van der Waals surface area contributed by atoms with E-state index in [0.29, 0.717) is 0 Å². The zero-order valence-corrected chi connectivity index (χ0v) is 15.1. The van der Waals surface area contributed by atoms with Gasteiger partial charge in [-0.15, -0.1) is 0 Å². The highest BCUT2D eigenvalue weighted by Gasteiger charge is 2.92. The monoisotopic (exact) mass is 509 g/mol. The summed E-state index contributed by atoms with van der Waals surface area (Å²) in [7, 11) is 0. The van der Waals surface area contributed by atoms with Gasteiger partial charge in [-0.2, -0.15) is 61.5 Å². The lowest BCUT2D eigenvalue weighted by molar-refractivity contribution is -0.437. The highest BCUT2D eigenvalue weighted by Crippen LogP contribution is 2.63. The Kier molecular flexibility index (Phi) is 6.98. The maximum absolute atomic E-state index is 14.0. The number of aryl methyl sites for hydroxylation is 1. The first-order valence-electron chi connectivity index (χ1n) is 7.66. The van der Waals surface area contributed by atoms with Crippen LogP contribution in [0.2, 0.25) is 0 Å². The van der Waals surface area contributed by atoms with Gasteiger partial charge < -0.3 is 10.1 Å². The van der Waals surface area contributed by atoms with E-state index in [-0.39, 0.29) is 25.1 Å². The predicted octanol–water partition coefficient (Wildman–Crippen LogP) is 6.04. The quantitative estimate of drug-likeness (QED) is 0.293. The molecule has 2 nitrogen and oxygen atoms in total. The van der Waals surface area contributed by atoms with Crippen molar-refractivity contribution < 1.29 is 66.6 Å². The van der Waals surface area contributed by atoms with E-state index in [9.17, 15) is 61.5 Å². The van der Waals surface area contributed by atoms with Gasteiger partial charge in [0.25, 0.3) is 0 Å². The lowest BCUT2D eigenvalue weighted by Gasteiger charge is -2.41. The molecule has 0 fully saturated rings. The van der Waals surface area contributed by atoms with Gasteiger partial charge in [0.1, 0.15) is 0 Å². The molecule has 0 amide bonds. The zero-order chi connectivity index (χ0) is 24.9. The molecule has 0 atom stereocenters. The van der Waals surface area contributed by atoms with Crippen LogP contribution >= 0.6 is 11.6 Å². The molecule has 0 aliphatic rings. The van der Waals surface area contributed by atoms with Gasteiger partial charge in [-0.3, -0.25) is 0 Å². The van der Waals surface area contributed by atoms with Gasteiger partial charge >= 0.3 is 40.9 Å². The maximum atomic E-state index is 14.0. The summed E-state index contributed by atoms with van der Waals surface area (Å²) in [5.41, 5.74) is -2.55. The number of alkyl halides is 15. The number of nitrogens with one attached hydrogen (secondary N) is 1. The van der Waals surface area contributed by atoms with Crippen molar-refractivity contribution in [3.63, 3.8) is 0 Å². The Hall–Kier alpha value is -1.45. The van der Waals surface area contributed by atoms with Crippen molar-refractivity contribution >= 4 is 11.6 Å². The molecule has 182 valence electrons. The van der Waals surface area contributed by atoms with E-state index < -0.39 is 58.8 Å². The number of aliphatic hydroxyl groups is 1. The van der Waals surface area contributed by atoms with Gasteiger partial charge in [-0.05, 0) is 30.5 Å². The van der Waals surface area contributed by atoms with Crippen LogP contribution in [0.1, 0.15) is 17.7 Å². The van der Waals surface area contributed by atoms with Crippen molar-refractivity contribution in [2.45, 2.75) is 53.8 Å². The number of hydrogen-bond acceptors (Lipinski definition) is 1. The van der Waals surface area contributed by atoms with Gasteiger partial charge in [0, 0.05) is 24.1 Å². The normalized spacial score (nSPS) is 15.5. The summed E-state index contributed by atoms with van der Waals surface area (Å²) in [5.74, 6) is -45.6. The van der Waals surface area contributed by atoms with E-state index in [2.05, 4.69) is 11.6 Å². The number of aromatic amines is 1. The van der Waals surface area contributed by atoms with Crippen LogP contribution in [-0.2, 0) is 12.3 Å². The molecule has 0 aliphatic carbocycles. The molecule has 0 radical (unpaired) electrons. The SMILES string of the molecule is OCCCc1cc(C(F)(F)C(F)(F)C(F)(F)C(F)(F)C(F)(F)C(F)(F)C(F)(F)Cl)c[nH]1. The first-order chi connectivity index (χ1) is 13.5. The molecule has 0 unspecified atom stereocenters. The molecule has 2 N–H and O–H groups in total. The average Bonchev–Trinajstić information content (AvgIpc) is 3.07.